The molecule has 0 aromatic heterocycles. The van der Waals surface area contributed by atoms with Crippen molar-refractivity contribution in [2.75, 3.05) is 12.9 Å². The van der Waals surface area contributed by atoms with Crippen LogP contribution in [0.3, 0.4) is 0 Å². The average molecular weight is 174 g/mol. The van der Waals surface area contributed by atoms with E-state index in [-0.39, 0.29) is 10.7 Å². The van der Waals surface area contributed by atoms with E-state index in [1.807, 2.05) is 11.8 Å². The molecule has 2 nitrogen and oxygen atoms in total. The van der Waals surface area contributed by atoms with Crippen LogP contribution in [0.1, 0.15) is 26.2 Å². The van der Waals surface area contributed by atoms with Crippen molar-refractivity contribution in [1.82, 2.24) is 0 Å². The van der Waals surface area contributed by atoms with Crippen LogP contribution in [0.4, 0.5) is 0 Å². The Morgan fingerprint density at radius 2 is 2.45 bits per heavy atom. The first-order chi connectivity index (χ1) is 5.16. The molecule has 1 rings (SSSR count). The van der Waals surface area contributed by atoms with Crippen LogP contribution in [0.25, 0.3) is 0 Å². The summed E-state index contributed by atoms with van der Waals surface area (Å²) in [7, 11) is 1.45. The monoisotopic (exact) mass is 174 g/mol. The second kappa shape index (κ2) is 3.48. The minimum absolute atomic E-state index is 0.0816. The molecule has 0 radical (unpaired) electrons. The molecule has 0 aromatic carbocycles. The minimum atomic E-state index is -0.0816. The number of esters is 1. The van der Waals surface area contributed by atoms with Crippen LogP contribution < -0.4 is 0 Å². The summed E-state index contributed by atoms with van der Waals surface area (Å²) in [4.78, 5) is 10.9. The van der Waals surface area contributed by atoms with Crippen LogP contribution in [0.2, 0.25) is 0 Å². The van der Waals surface area contributed by atoms with Gasteiger partial charge < -0.3 is 4.74 Å². The Morgan fingerprint density at radius 3 is 2.91 bits per heavy atom. The van der Waals surface area contributed by atoms with E-state index < -0.39 is 0 Å². The number of ether oxygens (including phenoxy) is 1. The molecule has 0 spiro atoms. The van der Waals surface area contributed by atoms with Crippen LogP contribution in [-0.2, 0) is 9.53 Å². The highest BCUT2D eigenvalue weighted by Crippen LogP contribution is 2.40. The maximum Gasteiger partial charge on any atom is 0.306 e. The van der Waals surface area contributed by atoms with Crippen molar-refractivity contribution >= 4 is 17.7 Å². The molecule has 1 fully saturated rings. The van der Waals surface area contributed by atoms with Crippen LogP contribution >= 0.6 is 11.8 Å². The number of rotatable bonds is 2. The summed E-state index contributed by atoms with van der Waals surface area (Å²) < 4.78 is 4.78. The number of methoxy groups -OCH3 is 1. The zero-order valence-corrected chi connectivity index (χ0v) is 7.87. The second-order valence-electron chi connectivity index (χ2n) is 3.15. The van der Waals surface area contributed by atoms with Crippen LogP contribution in [0, 0.1) is 0 Å². The number of thioether (sulfide) groups is 1. The molecule has 0 saturated carbocycles. The zero-order chi connectivity index (χ0) is 8.32. The van der Waals surface area contributed by atoms with E-state index in [4.69, 9.17) is 0 Å². The van der Waals surface area contributed by atoms with Gasteiger partial charge in [-0.2, -0.15) is 11.8 Å². The molecule has 1 aliphatic rings. The van der Waals surface area contributed by atoms with Crippen molar-refractivity contribution in [3.8, 4) is 0 Å². The van der Waals surface area contributed by atoms with Gasteiger partial charge in [-0.15, -0.1) is 0 Å². The highest BCUT2D eigenvalue weighted by Gasteiger charge is 2.32. The minimum Gasteiger partial charge on any atom is -0.469 e. The molecule has 1 aliphatic heterocycles. The molecule has 0 amide bonds. The van der Waals surface area contributed by atoms with Crippen LogP contribution in [0.15, 0.2) is 0 Å². The van der Waals surface area contributed by atoms with Gasteiger partial charge in [-0.3, -0.25) is 4.79 Å². The van der Waals surface area contributed by atoms with Gasteiger partial charge in [-0.1, -0.05) is 0 Å². The predicted octanol–water partition coefficient (Wildman–Crippen LogP) is 1.84. The first-order valence-corrected chi connectivity index (χ1v) is 4.86. The Bertz CT molecular complexity index is 150. The van der Waals surface area contributed by atoms with Crippen LogP contribution in [-0.4, -0.2) is 23.6 Å². The van der Waals surface area contributed by atoms with E-state index in [0.29, 0.717) is 6.42 Å². The van der Waals surface area contributed by atoms with Gasteiger partial charge >= 0.3 is 5.97 Å². The van der Waals surface area contributed by atoms with Gasteiger partial charge in [0.2, 0.25) is 0 Å². The third-order valence-electron chi connectivity index (χ3n) is 2.05. The lowest BCUT2D eigenvalue weighted by atomic mass is 10.0. The number of hydrogen-bond donors (Lipinski definition) is 0. The average Bonchev–Trinajstić information content (AvgIpc) is 2.36. The number of carbonyl (C=O) groups excluding carboxylic acids is 1. The maximum absolute atomic E-state index is 10.9. The molecule has 0 bridgehead atoms. The molecule has 3 heteroatoms. The normalized spacial score (nSPS) is 30.4. The standard InChI is InChI=1S/C8H14O2S/c1-8(4-3-5-11-8)6-7(9)10-2/h3-6H2,1-2H3. The topological polar surface area (TPSA) is 26.3 Å². The first kappa shape index (κ1) is 8.91. The van der Waals surface area contributed by atoms with E-state index >= 15 is 0 Å². The Morgan fingerprint density at radius 1 is 1.73 bits per heavy atom. The predicted molar refractivity (Wildman–Crippen MR) is 46.7 cm³/mol. The van der Waals surface area contributed by atoms with Gasteiger partial charge in [0, 0.05) is 4.75 Å². The lowest BCUT2D eigenvalue weighted by molar-refractivity contribution is -0.141. The van der Waals surface area contributed by atoms with E-state index in [2.05, 4.69) is 11.7 Å². The Hall–Kier alpha value is -0.180. The Kier molecular flexibility index (Phi) is 2.82. The molecular formula is C8H14O2S. The maximum atomic E-state index is 10.9. The number of carbonyl (C=O) groups is 1. The van der Waals surface area contributed by atoms with Crippen molar-refractivity contribution in [3.05, 3.63) is 0 Å². The fourth-order valence-electron chi connectivity index (χ4n) is 1.35. The summed E-state index contributed by atoms with van der Waals surface area (Å²) in [5.41, 5.74) is 0. The highest BCUT2D eigenvalue weighted by atomic mass is 32.2. The van der Waals surface area contributed by atoms with E-state index in [1.165, 1.54) is 19.3 Å². The van der Waals surface area contributed by atoms with Crippen molar-refractivity contribution in [2.45, 2.75) is 30.9 Å². The molecule has 11 heavy (non-hydrogen) atoms. The third-order valence-corrected chi connectivity index (χ3v) is 3.58. The van der Waals surface area contributed by atoms with Crippen molar-refractivity contribution in [2.24, 2.45) is 0 Å². The fraction of sp³-hybridized carbons (Fsp3) is 0.875. The lowest BCUT2D eigenvalue weighted by Gasteiger charge is -2.20. The molecule has 1 atom stereocenters. The Labute approximate surface area is 71.7 Å². The van der Waals surface area contributed by atoms with Crippen molar-refractivity contribution in [1.29, 1.82) is 0 Å². The van der Waals surface area contributed by atoms with Gasteiger partial charge in [0.15, 0.2) is 0 Å². The van der Waals surface area contributed by atoms with Crippen molar-refractivity contribution < 1.29 is 9.53 Å². The molecule has 1 unspecified atom stereocenters. The number of hydrogen-bond acceptors (Lipinski definition) is 3. The lowest BCUT2D eigenvalue weighted by Crippen LogP contribution is -2.21. The smallest absolute Gasteiger partial charge is 0.306 e. The zero-order valence-electron chi connectivity index (χ0n) is 7.05. The van der Waals surface area contributed by atoms with Gasteiger partial charge in [-0.05, 0) is 25.5 Å². The SMILES string of the molecule is COC(=O)CC1(C)CCCS1. The summed E-state index contributed by atoms with van der Waals surface area (Å²) in [6.07, 6.45) is 2.94. The van der Waals surface area contributed by atoms with Crippen LogP contribution in [0.5, 0.6) is 0 Å². The van der Waals surface area contributed by atoms with E-state index in [9.17, 15) is 4.79 Å². The van der Waals surface area contributed by atoms with Gasteiger partial charge in [0.25, 0.3) is 0 Å². The molecule has 0 aromatic rings. The van der Waals surface area contributed by atoms with E-state index in [0.717, 1.165) is 6.42 Å². The van der Waals surface area contributed by atoms with Crippen molar-refractivity contribution in [3.63, 3.8) is 0 Å². The second-order valence-corrected chi connectivity index (χ2v) is 4.84. The summed E-state index contributed by atoms with van der Waals surface area (Å²) in [6, 6.07) is 0. The molecule has 0 aliphatic carbocycles. The molecule has 1 heterocycles. The third kappa shape index (κ3) is 2.40. The first-order valence-electron chi connectivity index (χ1n) is 3.87. The van der Waals surface area contributed by atoms with Gasteiger partial charge in [0.1, 0.15) is 0 Å². The summed E-state index contributed by atoms with van der Waals surface area (Å²) in [5.74, 6) is 1.11. The summed E-state index contributed by atoms with van der Waals surface area (Å²) >= 11 is 1.89. The largest absolute Gasteiger partial charge is 0.469 e. The molecule has 1 saturated heterocycles. The quantitative estimate of drug-likeness (QED) is 0.597. The fourth-order valence-corrected chi connectivity index (χ4v) is 2.64. The Balaban J connectivity index is 2.39. The van der Waals surface area contributed by atoms with Gasteiger partial charge in [0.05, 0.1) is 13.5 Å². The summed E-state index contributed by atoms with van der Waals surface area (Å²) in [6.45, 7) is 2.14. The molecular weight excluding hydrogens is 160 g/mol. The molecule has 0 N–H and O–H groups in total. The summed E-state index contributed by atoms with van der Waals surface area (Å²) in [5, 5.41) is 0. The molecule has 64 valence electrons. The highest BCUT2D eigenvalue weighted by molar-refractivity contribution is 8.00. The van der Waals surface area contributed by atoms with E-state index in [1.54, 1.807) is 0 Å². The van der Waals surface area contributed by atoms with Gasteiger partial charge in [-0.25, -0.2) is 0 Å².